The standard InChI is InChI=1S/C25H19N3O5S/c29-19(16-10-12-18(13-11-16)26-23(30)17-6-2-1-3-7-17)15-34-25-28-27-24(33-25)22-14-31-20-8-4-5-9-21(20)32-22/h1-13,22H,14-15H2,(H,26,30)/t22-/m0/s1. The van der Waals surface area contributed by atoms with E-state index in [4.69, 9.17) is 13.9 Å². The molecule has 3 aromatic carbocycles. The summed E-state index contributed by atoms with van der Waals surface area (Å²) in [6.45, 7) is 0.259. The van der Waals surface area contributed by atoms with E-state index in [9.17, 15) is 9.59 Å². The van der Waals surface area contributed by atoms with Crippen LogP contribution in [0.3, 0.4) is 0 Å². The monoisotopic (exact) mass is 473 g/mol. The Morgan fingerprint density at radius 1 is 0.882 bits per heavy atom. The first-order chi connectivity index (χ1) is 16.7. The summed E-state index contributed by atoms with van der Waals surface area (Å²) in [7, 11) is 0. The van der Waals surface area contributed by atoms with Crippen LogP contribution in [0.4, 0.5) is 5.69 Å². The van der Waals surface area contributed by atoms with Gasteiger partial charge in [-0.05, 0) is 48.5 Å². The Morgan fingerprint density at radius 2 is 1.62 bits per heavy atom. The number of nitrogens with one attached hydrogen (secondary N) is 1. The van der Waals surface area contributed by atoms with E-state index in [0.717, 1.165) is 11.8 Å². The number of aromatic nitrogens is 2. The van der Waals surface area contributed by atoms with Gasteiger partial charge < -0.3 is 19.2 Å². The van der Waals surface area contributed by atoms with E-state index in [0.29, 0.717) is 34.2 Å². The molecule has 1 N–H and O–H groups in total. The first-order valence-corrected chi connectivity index (χ1v) is 11.5. The Labute approximate surface area is 199 Å². The molecule has 34 heavy (non-hydrogen) atoms. The topological polar surface area (TPSA) is 104 Å². The van der Waals surface area contributed by atoms with Crippen LogP contribution in [0, 0.1) is 0 Å². The number of para-hydroxylation sites is 2. The number of ketones is 1. The molecule has 2 heterocycles. The third-order valence-corrected chi connectivity index (χ3v) is 5.85. The molecule has 1 atom stereocenters. The summed E-state index contributed by atoms with van der Waals surface area (Å²) >= 11 is 1.15. The summed E-state index contributed by atoms with van der Waals surface area (Å²) in [5, 5.41) is 11.1. The van der Waals surface area contributed by atoms with Crippen LogP contribution in [0.2, 0.25) is 0 Å². The highest BCUT2D eigenvalue weighted by Crippen LogP contribution is 2.36. The smallest absolute Gasteiger partial charge is 0.277 e. The Bertz CT molecular complexity index is 1310. The van der Waals surface area contributed by atoms with Gasteiger partial charge in [-0.2, -0.15) is 0 Å². The fourth-order valence-corrected chi connectivity index (χ4v) is 3.96. The van der Waals surface area contributed by atoms with Crippen LogP contribution < -0.4 is 14.8 Å². The number of benzene rings is 3. The maximum atomic E-state index is 12.6. The number of Topliss-reactive ketones (excluding diaryl/α,β-unsaturated/α-hetero) is 1. The van der Waals surface area contributed by atoms with Crippen molar-refractivity contribution >= 4 is 29.1 Å². The number of rotatable bonds is 7. The summed E-state index contributed by atoms with van der Waals surface area (Å²) in [5.74, 6) is 1.40. The van der Waals surface area contributed by atoms with E-state index in [1.54, 1.807) is 48.5 Å². The van der Waals surface area contributed by atoms with Gasteiger partial charge in [0.25, 0.3) is 17.0 Å². The van der Waals surface area contributed by atoms with Crippen molar-refractivity contribution in [2.24, 2.45) is 0 Å². The molecule has 4 aromatic rings. The highest BCUT2D eigenvalue weighted by atomic mass is 32.2. The van der Waals surface area contributed by atoms with E-state index in [-0.39, 0.29) is 29.3 Å². The van der Waals surface area contributed by atoms with E-state index < -0.39 is 6.10 Å². The number of hydrogen-bond donors (Lipinski definition) is 1. The number of amides is 1. The molecule has 0 aliphatic carbocycles. The number of anilines is 1. The summed E-state index contributed by atoms with van der Waals surface area (Å²) in [4.78, 5) is 24.8. The molecule has 0 unspecified atom stereocenters. The van der Waals surface area contributed by atoms with Crippen molar-refractivity contribution < 1.29 is 23.5 Å². The molecule has 1 amide bonds. The van der Waals surface area contributed by atoms with Crippen molar-refractivity contribution in [1.82, 2.24) is 10.2 Å². The highest BCUT2D eigenvalue weighted by Gasteiger charge is 2.27. The number of ether oxygens (including phenoxy) is 2. The van der Waals surface area contributed by atoms with Crippen molar-refractivity contribution in [1.29, 1.82) is 0 Å². The van der Waals surface area contributed by atoms with Gasteiger partial charge in [0.15, 0.2) is 17.3 Å². The lowest BCUT2D eigenvalue weighted by Crippen LogP contribution is -2.21. The molecular weight excluding hydrogens is 454 g/mol. The second-order valence-electron chi connectivity index (χ2n) is 7.38. The maximum Gasteiger partial charge on any atom is 0.277 e. The molecule has 0 saturated carbocycles. The summed E-state index contributed by atoms with van der Waals surface area (Å²) < 4.78 is 17.2. The van der Waals surface area contributed by atoms with Crippen LogP contribution in [-0.2, 0) is 0 Å². The number of carbonyl (C=O) groups excluding carboxylic acids is 2. The predicted molar refractivity (Wildman–Crippen MR) is 125 cm³/mol. The molecule has 0 radical (unpaired) electrons. The fraction of sp³-hybridized carbons (Fsp3) is 0.120. The van der Waals surface area contributed by atoms with Crippen LogP contribution in [-0.4, -0.2) is 34.2 Å². The number of thioether (sulfide) groups is 1. The quantitative estimate of drug-likeness (QED) is 0.301. The molecule has 0 spiro atoms. The van der Waals surface area contributed by atoms with E-state index in [2.05, 4.69) is 15.5 Å². The Morgan fingerprint density at radius 3 is 2.41 bits per heavy atom. The van der Waals surface area contributed by atoms with Crippen LogP contribution in [0.5, 0.6) is 11.5 Å². The fourth-order valence-electron chi connectivity index (χ4n) is 3.29. The number of fused-ring (bicyclic) bond motifs is 1. The second-order valence-corrected chi connectivity index (χ2v) is 8.31. The number of nitrogens with zero attached hydrogens (tertiary/aromatic N) is 2. The minimum absolute atomic E-state index is 0.100. The normalized spacial score (nSPS) is 14.4. The van der Waals surface area contributed by atoms with Gasteiger partial charge in [-0.1, -0.05) is 42.1 Å². The van der Waals surface area contributed by atoms with Gasteiger partial charge in [-0.3, -0.25) is 9.59 Å². The molecule has 0 fully saturated rings. The third-order valence-electron chi connectivity index (χ3n) is 5.03. The highest BCUT2D eigenvalue weighted by molar-refractivity contribution is 7.99. The molecule has 8 nitrogen and oxygen atoms in total. The van der Waals surface area contributed by atoms with Gasteiger partial charge in [0.2, 0.25) is 6.10 Å². The molecule has 0 bridgehead atoms. The lowest BCUT2D eigenvalue weighted by molar-refractivity contribution is 0.0686. The van der Waals surface area contributed by atoms with Gasteiger partial charge in [0.1, 0.15) is 6.61 Å². The molecule has 1 aliphatic rings. The van der Waals surface area contributed by atoms with Crippen LogP contribution >= 0.6 is 11.8 Å². The summed E-state index contributed by atoms with van der Waals surface area (Å²) in [6.07, 6.45) is -0.508. The third kappa shape index (κ3) is 4.94. The van der Waals surface area contributed by atoms with Crippen LogP contribution in [0.25, 0.3) is 0 Å². The average Bonchev–Trinajstić information content (AvgIpc) is 3.37. The summed E-state index contributed by atoms with van der Waals surface area (Å²) in [5.41, 5.74) is 1.69. The molecule has 1 aliphatic heterocycles. The van der Waals surface area contributed by atoms with Crippen molar-refractivity contribution in [3.8, 4) is 11.5 Å². The van der Waals surface area contributed by atoms with Gasteiger partial charge in [-0.25, -0.2) is 0 Å². The van der Waals surface area contributed by atoms with Gasteiger partial charge in [0.05, 0.1) is 5.75 Å². The predicted octanol–water partition coefficient (Wildman–Crippen LogP) is 4.81. The lowest BCUT2D eigenvalue weighted by Gasteiger charge is -2.23. The van der Waals surface area contributed by atoms with Crippen molar-refractivity contribution in [3.63, 3.8) is 0 Å². The SMILES string of the molecule is O=C(CSc1nnc([C@@H]2COc3ccccc3O2)o1)c1ccc(NC(=O)c2ccccc2)cc1. The van der Waals surface area contributed by atoms with Gasteiger partial charge in [0, 0.05) is 16.8 Å². The summed E-state index contributed by atoms with van der Waals surface area (Å²) in [6, 6.07) is 23.0. The molecule has 170 valence electrons. The van der Waals surface area contributed by atoms with Crippen LogP contribution in [0.15, 0.2) is 88.5 Å². The minimum Gasteiger partial charge on any atom is -0.485 e. The molecular formula is C25H19N3O5S. The Balaban J connectivity index is 1.15. The zero-order chi connectivity index (χ0) is 23.3. The Kier molecular flexibility index (Phi) is 6.26. The Hall–Kier alpha value is -4.11. The van der Waals surface area contributed by atoms with Gasteiger partial charge in [-0.15, -0.1) is 10.2 Å². The first-order valence-electron chi connectivity index (χ1n) is 10.5. The van der Waals surface area contributed by atoms with Crippen molar-refractivity contribution in [2.75, 3.05) is 17.7 Å². The van der Waals surface area contributed by atoms with Crippen molar-refractivity contribution in [3.05, 3.63) is 95.9 Å². The number of carbonyl (C=O) groups is 2. The minimum atomic E-state index is -0.508. The molecule has 9 heteroatoms. The van der Waals surface area contributed by atoms with E-state index in [1.165, 1.54) is 0 Å². The number of hydrogen-bond acceptors (Lipinski definition) is 8. The zero-order valence-electron chi connectivity index (χ0n) is 17.8. The average molecular weight is 474 g/mol. The molecule has 0 saturated heterocycles. The second kappa shape index (κ2) is 9.80. The lowest BCUT2D eigenvalue weighted by atomic mass is 10.1. The van der Waals surface area contributed by atoms with Crippen molar-refractivity contribution in [2.45, 2.75) is 11.3 Å². The van der Waals surface area contributed by atoms with Crippen LogP contribution in [0.1, 0.15) is 32.7 Å². The molecule has 5 rings (SSSR count). The maximum absolute atomic E-state index is 12.6. The zero-order valence-corrected chi connectivity index (χ0v) is 18.7. The largest absolute Gasteiger partial charge is 0.485 e. The molecule has 1 aromatic heterocycles. The van der Waals surface area contributed by atoms with Gasteiger partial charge >= 0.3 is 0 Å². The first kappa shape index (κ1) is 21.7. The van der Waals surface area contributed by atoms with E-state index >= 15 is 0 Å². The van der Waals surface area contributed by atoms with E-state index in [1.807, 2.05) is 30.3 Å².